The van der Waals surface area contributed by atoms with Gasteiger partial charge >= 0.3 is 0 Å². The molecule has 0 aliphatic rings. The van der Waals surface area contributed by atoms with Crippen LogP contribution in [-0.2, 0) is 4.74 Å². The van der Waals surface area contributed by atoms with Gasteiger partial charge in [0.1, 0.15) is 5.76 Å². The van der Waals surface area contributed by atoms with Crippen LogP contribution < -0.4 is 0 Å². The normalized spacial score (nSPS) is 11.1. The smallest absolute Gasteiger partial charge is 0.136 e. The number of allylic oxidation sites excluding steroid dienone is 5. The topological polar surface area (TPSA) is 9.23 Å². The van der Waals surface area contributed by atoms with Crippen LogP contribution in [-0.4, -0.2) is 7.11 Å². The molecule has 13 heavy (non-hydrogen) atoms. The van der Waals surface area contributed by atoms with Gasteiger partial charge in [-0.15, -0.1) is 0 Å². The van der Waals surface area contributed by atoms with E-state index in [0.29, 0.717) is 10.8 Å². The number of rotatable bonds is 4. The van der Waals surface area contributed by atoms with Crippen LogP contribution in [0.5, 0.6) is 0 Å². The maximum absolute atomic E-state index is 5.77. The lowest BCUT2D eigenvalue weighted by Crippen LogP contribution is -1.82. The van der Waals surface area contributed by atoms with Crippen molar-refractivity contribution in [2.24, 2.45) is 0 Å². The Morgan fingerprint density at radius 1 is 1.31 bits per heavy atom. The molecule has 0 spiro atoms. The predicted octanol–water partition coefficient (Wildman–Crippen LogP) is 4.04. The van der Waals surface area contributed by atoms with Crippen molar-refractivity contribution in [1.82, 2.24) is 0 Å². The standard InChI is InChI=1S/C9H11ClO.C2H6/c1-4-6-7-8(10)9(5-2)11-3;1-2/h4-7H,1-2H2,3H3;1-2H3/b7-6-,9-8-;. The Labute approximate surface area is 86.1 Å². The summed E-state index contributed by atoms with van der Waals surface area (Å²) in [6.45, 7) is 11.0. The average Bonchev–Trinajstić information content (AvgIpc) is 2.19. The van der Waals surface area contributed by atoms with Crippen molar-refractivity contribution >= 4 is 11.6 Å². The zero-order chi connectivity index (χ0) is 10.7. The van der Waals surface area contributed by atoms with Gasteiger partial charge in [0.05, 0.1) is 12.1 Å². The third kappa shape index (κ3) is 7.41. The van der Waals surface area contributed by atoms with E-state index in [4.69, 9.17) is 16.3 Å². The lowest BCUT2D eigenvalue weighted by molar-refractivity contribution is 0.306. The molecule has 0 N–H and O–H groups in total. The van der Waals surface area contributed by atoms with Crippen molar-refractivity contribution in [1.29, 1.82) is 0 Å². The fourth-order valence-electron chi connectivity index (χ4n) is 0.513. The van der Waals surface area contributed by atoms with Gasteiger partial charge in [-0.05, 0) is 12.2 Å². The molecule has 0 bridgehead atoms. The van der Waals surface area contributed by atoms with Crippen molar-refractivity contribution in [2.75, 3.05) is 7.11 Å². The first-order chi connectivity index (χ1) is 6.26. The Kier molecular flexibility index (Phi) is 12.4. The first-order valence-corrected chi connectivity index (χ1v) is 4.49. The van der Waals surface area contributed by atoms with E-state index >= 15 is 0 Å². The van der Waals surface area contributed by atoms with Crippen LogP contribution in [0.2, 0.25) is 0 Å². The van der Waals surface area contributed by atoms with Crippen LogP contribution in [0.4, 0.5) is 0 Å². The van der Waals surface area contributed by atoms with Gasteiger partial charge in [0, 0.05) is 0 Å². The number of methoxy groups -OCH3 is 1. The number of hydrogen-bond acceptors (Lipinski definition) is 1. The third-order valence-electron chi connectivity index (χ3n) is 1.02. The molecular formula is C11H17ClO. The zero-order valence-corrected chi connectivity index (χ0v) is 9.27. The van der Waals surface area contributed by atoms with Gasteiger partial charge in [-0.1, -0.05) is 50.8 Å². The minimum absolute atomic E-state index is 0.516. The molecule has 0 atom stereocenters. The SMILES string of the molecule is C=C/C=C\C(Cl)=C(/C=C)OC.CC. The Balaban J connectivity index is 0. The van der Waals surface area contributed by atoms with Crippen LogP contribution in [0, 0.1) is 0 Å². The largest absolute Gasteiger partial charge is 0.495 e. The summed E-state index contributed by atoms with van der Waals surface area (Å²) < 4.78 is 4.90. The molecule has 0 heterocycles. The highest BCUT2D eigenvalue weighted by Crippen LogP contribution is 2.12. The molecule has 0 aromatic heterocycles. The molecule has 0 aromatic carbocycles. The van der Waals surface area contributed by atoms with Gasteiger partial charge in [0.15, 0.2) is 0 Å². The number of ether oxygens (including phenoxy) is 1. The molecule has 0 unspecified atom stereocenters. The number of hydrogen-bond donors (Lipinski definition) is 0. The molecule has 0 saturated carbocycles. The molecule has 0 fully saturated rings. The molecule has 0 rings (SSSR count). The molecule has 0 saturated heterocycles. The summed E-state index contributed by atoms with van der Waals surface area (Å²) in [5.41, 5.74) is 0. The third-order valence-corrected chi connectivity index (χ3v) is 1.33. The van der Waals surface area contributed by atoms with Crippen molar-refractivity contribution in [3.05, 3.63) is 48.3 Å². The monoisotopic (exact) mass is 200 g/mol. The molecule has 1 nitrogen and oxygen atoms in total. The highest BCUT2D eigenvalue weighted by molar-refractivity contribution is 6.31. The molecule has 0 aliphatic carbocycles. The van der Waals surface area contributed by atoms with Gasteiger partial charge in [-0.3, -0.25) is 0 Å². The molecule has 74 valence electrons. The highest BCUT2D eigenvalue weighted by Gasteiger charge is 1.94. The van der Waals surface area contributed by atoms with E-state index in [1.165, 1.54) is 0 Å². The lowest BCUT2D eigenvalue weighted by atomic mass is 10.4. The number of halogens is 1. The zero-order valence-electron chi connectivity index (χ0n) is 8.51. The highest BCUT2D eigenvalue weighted by atomic mass is 35.5. The van der Waals surface area contributed by atoms with Crippen LogP contribution in [0.1, 0.15) is 13.8 Å². The molecule has 0 radical (unpaired) electrons. The van der Waals surface area contributed by atoms with Gasteiger partial charge in [0.2, 0.25) is 0 Å². The maximum atomic E-state index is 5.77. The van der Waals surface area contributed by atoms with E-state index in [-0.39, 0.29) is 0 Å². The van der Waals surface area contributed by atoms with E-state index in [9.17, 15) is 0 Å². The molecular weight excluding hydrogens is 184 g/mol. The quantitative estimate of drug-likeness (QED) is 0.492. The van der Waals surface area contributed by atoms with Crippen LogP contribution >= 0.6 is 11.6 Å². The summed E-state index contributed by atoms with van der Waals surface area (Å²) in [6, 6.07) is 0. The Bertz CT molecular complexity index is 202. The summed E-state index contributed by atoms with van der Waals surface area (Å²) in [7, 11) is 1.54. The fourth-order valence-corrected chi connectivity index (χ4v) is 0.740. The van der Waals surface area contributed by atoms with Gasteiger partial charge in [0.25, 0.3) is 0 Å². The van der Waals surface area contributed by atoms with Crippen molar-refractivity contribution < 1.29 is 4.74 Å². The summed E-state index contributed by atoms with van der Waals surface area (Å²) in [5.74, 6) is 0.560. The Hall–Kier alpha value is -0.950. The minimum Gasteiger partial charge on any atom is -0.495 e. The first-order valence-electron chi connectivity index (χ1n) is 4.11. The van der Waals surface area contributed by atoms with E-state index < -0.39 is 0 Å². The molecule has 0 aromatic rings. The fraction of sp³-hybridized carbons (Fsp3) is 0.273. The Morgan fingerprint density at radius 2 is 1.85 bits per heavy atom. The van der Waals surface area contributed by atoms with Crippen LogP contribution in [0.3, 0.4) is 0 Å². The summed E-state index contributed by atoms with van der Waals surface area (Å²) in [6.07, 6.45) is 6.61. The van der Waals surface area contributed by atoms with E-state index in [1.54, 1.807) is 31.4 Å². The van der Waals surface area contributed by atoms with Crippen LogP contribution in [0.25, 0.3) is 0 Å². The summed E-state index contributed by atoms with van der Waals surface area (Å²) >= 11 is 5.77. The van der Waals surface area contributed by atoms with Gasteiger partial charge in [-0.2, -0.15) is 0 Å². The second-order valence-corrected chi connectivity index (χ2v) is 2.12. The second kappa shape index (κ2) is 11.1. The van der Waals surface area contributed by atoms with E-state index in [2.05, 4.69) is 13.2 Å². The molecule has 2 heteroatoms. The van der Waals surface area contributed by atoms with Gasteiger partial charge in [-0.25, -0.2) is 0 Å². The van der Waals surface area contributed by atoms with Crippen molar-refractivity contribution in [3.63, 3.8) is 0 Å². The summed E-state index contributed by atoms with van der Waals surface area (Å²) in [5, 5.41) is 0.516. The van der Waals surface area contributed by atoms with Gasteiger partial charge < -0.3 is 4.74 Å². The molecule has 0 aliphatic heterocycles. The average molecular weight is 201 g/mol. The predicted molar refractivity (Wildman–Crippen MR) is 60.8 cm³/mol. The molecule has 0 amide bonds. The first kappa shape index (κ1) is 14.6. The van der Waals surface area contributed by atoms with E-state index in [0.717, 1.165) is 0 Å². The van der Waals surface area contributed by atoms with Crippen molar-refractivity contribution in [2.45, 2.75) is 13.8 Å². The minimum atomic E-state index is 0.516. The lowest BCUT2D eigenvalue weighted by Gasteiger charge is -1.99. The maximum Gasteiger partial charge on any atom is 0.136 e. The van der Waals surface area contributed by atoms with E-state index in [1.807, 2.05) is 13.8 Å². The van der Waals surface area contributed by atoms with Crippen molar-refractivity contribution in [3.8, 4) is 0 Å². The van der Waals surface area contributed by atoms with Crippen LogP contribution in [0.15, 0.2) is 48.3 Å². The second-order valence-electron chi connectivity index (χ2n) is 1.72. The Morgan fingerprint density at radius 3 is 2.15 bits per heavy atom. The summed E-state index contributed by atoms with van der Waals surface area (Å²) in [4.78, 5) is 0.